The van der Waals surface area contributed by atoms with Crippen molar-refractivity contribution in [2.75, 3.05) is 6.54 Å². The van der Waals surface area contributed by atoms with Crippen molar-refractivity contribution >= 4 is 0 Å². The van der Waals surface area contributed by atoms with Gasteiger partial charge in [-0.05, 0) is 31.6 Å². The van der Waals surface area contributed by atoms with E-state index in [1.54, 1.807) is 0 Å². The highest BCUT2D eigenvalue weighted by Crippen LogP contribution is 2.36. The van der Waals surface area contributed by atoms with Crippen molar-refractivity contribution in [3.63, 3.8) is 0 Å². The van der Waals surface area contributed by atoms with E-state index in [1.807, 2.05) is 0 Å². The van der Waals surface area contributed by atoms with Crippen molar-refractivity contribution in [3.05, 3.63) is 11.7 Å². The third-order valence-electron chi connectivity index (χ3n) is 4.94. The zero-order valence-corrected chi connectivity index (χ0v) is 12.5. The second-order valence-corrected chi connectivity index (χ2v) is 6.12. The Morgan fingerprint density at radius 3 is 2.63 bits per heavy atom. The van der Waals surface area contributed by atoms with Crippen molar-refractivity contribution in [1.29, 1.82) is 0 Å². The van der Waals surface area contributed by atoms with Gasteiger partial charge in [0.05, 0.1) is 5.41 Å². The van der Waals surface area contributed by atoms with E-state index in [0.717, 1.165) is 30.5 Å². The van der Waals surface area contributed by atoms with Gasteiger partial charge >= 0.3 is 0 Å². The Morgan fingerprint density at radius 2 is 2.05 bits per heavy atom. The summed E-state index contributed by atoms with van der Waals surface area (Å²) >= 11 is 0. The van der Waals surface area contributed by atoms with Crippen molar-refractivity contribution in [1.82, 2.24) is 10.1 Å². The lowest BCUT2D eigenvalue weighted by atomic mass is 9.81. The Hall–Kier alpha value is -0.900. The molecule has 1 fully saturated rings. The van der Waals surface area contributed by atoms with Crippen LogP contribution in [-0.4, -0.2) is 16.7 Å². The van der Waals surface area contributed by atoms with E-state index in [1.165, 1.54) is 25.7 Å². The van der Waals surface area contributed by atoms with E-state index in [-0.39, 0.29) is 5.41 Å². The van der Waals surface area contributed by atoms with Crippen LogP contribution in [0, 0.1) is 5.92 Å². The molecular weight excluding hydrogens is 238 g/mol. The molecule has 0 aromatic carbocycles. The Balaban J connectivity index is 2.18. The first-order valence-corrected chi connectivity index (χ1v) is 7.69. The first-order valence-electron chi connectivity index (χ1n) is 7.69. The second kappa shape index (κ2) is 6.04. The van der Waals surface area contributed by atoms with Crippen molar-refractivity contribution in [2.24, 2.45) is 11.7 Å². The van der Waals surface area contributed by atoms with Crippen LogP contribution in [0.3, 0.4) is 0 Å². The molecule has 0 spiro atoms. The van der Waals surface area contributed by atoms with Gasteiger partial charge in [0.2, 0.25) is 5.89 Å². The van der Waals surface area contributed by atoms with Gasteiger partial charge < -0.3 is 10.3 Å². The normalized spacial score (nSPS) is 24.6. The Labute approximate surface area is 116 Å². The summed E-state index contributed by atoms with van der Waals surface area (Å²) in [7, 11) is 0. The predicted molar refractivity (Wildman–Crippen MR) is 76.0 cm³/mol. The highest BCUT2D eigenvalue weighted by Gasteiger charge is 2.34. The van der Waals surface area contributed by atoms with E-state index in [0.29, 0.717) is 12.5 Å². The number of rotatable bonds is 5. The van der Waals surface area contributed by atoms with Crippen molar-refractivity contribution in [2.45, 2.75) is 70.6 Å². The standard InChI is InChI=1S/C15H27N3O/c1-4-15(5-2,10-16)14-17-13(18-19-14)12-8-6-7-11(3)9-12/h11-12H,4-10,16H2,1-3H3. The molecule has 4 nitrogen and oxygen atoms in total. The number of nitrogens with zero attached hydrogens (tertiary/aromatic N) is 2. The van der Waals surface area contributed by atoms with Gasteiger partial charge in [-0.3, -0.25) is 0 Å². The van der Waals surface area contributed by atoms with Crippen LogP contribution in [0.1, 0.15) is 76.9 Å². The summed E-state index contributed by atoms with van der Waals surface area (Å²) in [6, 6.07) is 0. The summed E-state index contributed by atoms with van der Waals surface area (Å²) < 4.78 is 5.55. The summed E-state index contributed by atoms with van der Waals surface area (Å²) in [5.41, 5.74) is 5.81. The molecule has 0 bridgehead atoms. The van der Waals surface area contributed by atoms with Crippen LogP contribution in [0.4, 0.5) is 0 Å². The summed E-state index contributed by atoms with van der Waals surface area (Å²) in [6.45, 7) is 7.17. The lowest BCUT2D eigenvalue weighted by molar-refractivity contribution is 0.263. The van der Waals surface area contributed by atoms with Crippen LogP contribution >= 0.6 is 0 Å². The molecule has 108 valence electrons. The maximum absolute atomic E-state index is 5.94. The van der Waals surface area contributed by atoms with Crippen LogP contribution in [0.2, 0.25) is 0 Å². The van der Waals surface area contributed by atoms with E-state index < -0.39 is 0 Å². The average molecular weight is 265 g/mol. The topological polar surface area (TPSA) is 64.9 Å². The van der Waals surface area contributed by atoms with E-state index >= 15 is 0 Å². The molecule has 2 N–H and O–H groups in total. The van der Waals surface area contributed by atoms with Crippen LogP contribution in [0.5, 0.6) is 0 Å². The van der Waals surface area contributed by atoms with Gasteiger partial charge in [-0.2, -0.15) is 4.98 Å². The maximum atomic E-state index is 5.94. The van der Waals surface area contributed by atoms with Gasteiger partial charge in [0, 0.05) is 12.5 Å². The summed E-state index contributed by atoms with van der Waals surface area (Å²) in [5, 5.41) is 4.24. The largest absolute Gasteiger partial charge is 0.339 e. The Kier molecular flexibility index (Phi) is 4.61. The highest BCUT2D eigenvalue weighted by atomic mass is 16.5. The lowest BCUT2D eigenvalue weighted by Gasteiger charge is -2.25. The Morgan fingerprint density at radius 1 is 1.32 bits per heavy atom. The highest BCUT2D eigenvalue weighted by molar-refractivity contribution is 5.08. The molecule has 4 heteroatoms. The monoisotopic (exact) mass is 265 g/mol. The first-order chi connectivity index (χ1) is 9.15. The summed E-state index contributed by atoms with van der Waals surface area (Å²) in [5.74, 6) is 2.90. The molecule has 0 aliphatic heterocycles. The van der Waals surface area contributed by atoms with Crippen LogP contribution < -0.4 is 5.73 Å². The third kappa shape index (κ3) is 2.83. The maximum Gasteiger partial charge on any atom is 0.234 e. The lowest BCUT2D eigenvalue weighted by Crippen LogP contribution is -2.34. The van der Waals surface area contributed by atoms with Crippen LogP contribution in [-0.2, 0) is 5.41 Å². The predicted octanol–water partition coefficient (Wildman–Crippen LogP) is 3.38. The number of hydrogen-bond donors (Lipinski definition) is 1. The van der Waals surface area contributed by atoms with E-state index in [9.17, 15) is 0 Å². The fourth-order valence-electron chi connectivity index (χ4n) is 3.21. The van der Waals surface area contributed by atoms with Gasteiger partial charge in [-0.15, -0.1) is 0 Å². The smallest absolute Gasteiger partial charge is 0.234 e. The molecular formula is C15H27N3O. The molecule has 0 radical (unpaired) electrons. The molecule has 1 aromatic rings. The number of hydrogen-bond acceptors (Lipinski definition) is 4. The molecule has 19 heavy (non-hydrogen) atoms. The number of aromatic nitrogens is 2. The SMILES string of the molecule is CCC(CC)(CN)c1nc(C2CCCC(C)C2)no1. The molecule has 2 atom stereocenters. The molecule has 2 rings (SSSR count). The minimum absolute atomic E-state index is 0.133. The third-order valence-corrected chi connectivity index (χ3v) is 4.94. The quantitative estimate of drug-likeness (QED) is 0.886. The number of nitrogens with two attached hydrogens (primary N) is 1. The molecule has 0 amide bonds. The zero-order chi connectivity index (χ0) is 13.9. The Bertz CT molecular complexity index is 390. The van der Waals surface area contributed by atoms with Crippen molar-refractivity contribution < 1.29 is 4.52 Å². The van der Waals surface area contributed by atoms with E-state index in [4.69, 9.17) is 15.2 Å². The molecule has 1 heterocycles. The minimum Gasteiger partial charge on any atom is -0.339 e. The van der Waals surface area contributed by atoms with Gasteiger partial charge in [-0.25, -0.2) is 0 Å². The van der Waals surface area contributed by atoms with Crippen LogP contribution in [0.15, 0.2) is 4.52 Å². The van der Waals surface area contributed by atoms with Gasteiger partial charge in [0.1, 0.15) is 0 Å². The fraction of sp³-hybridized carbons (Fsp3) is 0.867. The average Bonchev–Trinajstić information content (AvgIpc) is 2.92. The fourth-order valence-corrected chi connectivity index (χ4v) is 3.21. The summed E-state index contributed by atoms with van der Waals surface area (Å²) in [4.78, 5) is 4.70. The van der Waals surface area contributed by atoms with Crippen molar-refractivity contribution in [3.8, 4) is 0 Å². The van der Waals surface area contributed by atoms with E-state index in [2.05, 4.69) is 25.9 Å². The molecule has 0 saturated heterocycles. The molecule has 1 aliphatic carbocycles. The second-order valence-electron chi connectivity index (χ2n) is 6.12. The van der Waals surface area contributed by atoms with Gasteiger partial charge in [0.15, 0.2) is 5.82 Å². The summed E-state index contributed by atoms with van der Waals surface area (Å²) in [6.07, 6.45) is 6.88. The van der Waals surface area contributed by atoms with Gasteiger partial charge in [0.25, 0.3) is 0 Å². The first kappa shape index (κ1) is 14.5. The molecule has 1 saturated carbocycles. The van der Waals surface area contributed by atoms with Crippen LogP contribution in [0.25, 0.3) is 0 Å². The molecule has 2 unspecified atom stereocenters. The zero-order valence-electron chi connectivity index (χ0n) is 12.5. The minimum atomic E-state index is -0.133. The van der Waals surface area contributed by atoms with Gasteiger partial charge in [-0.1, -0.05) is 38.8 Å². The molecule has 1 aromatic heterocycles. The molecule has 1 aliphatic rings.